The first-order chi connectivity index (χ1) is 13.3. The van der Waals surface area contributed by atoms with Crippen molar-refractivity contribution in [3.05, 3.63) is 60.2 Å². The summed E-state index contributed by atoms with van der Waals surface area (Å²) in [4.78, 5) is 0. The summed E-state index contributed by atoms with van der Waals surface area (Å²) >= 11 is 0. The smallest absolute Gasteiger partial charge is 1.00 e. The third-order valence-corrected chi connectivity index (χ3v) is 4.81. The quantitative estimate of drug-likeness (QED) is 0.356. The maximum absolute atomic E-state index is 4.83. The standard InChI is InChI=1S/C22H30.C4H10O.Na.H/c1-2-3-4-5-6-7-8-10-15-21-18-13-14-19-22(21)20-16-11-9-12-17-20;1-3-5-4-2;;/h9,11-14,16-19H,2-8,10,15H2,1H3;3-4H2,1-2H3;;/q;;+1;-1. The Hall–Kier alpha value is -0.600. The molecular formula is C26H41NaO. The Kier molecular flexibility index (Phi) is 19.3. The summed E-state index contributed by atoms with van der Waals surface area (Å²) in [5.41, 5.74) is 4.25. The molecule has 0 aliphatic carbocycles. The van der Waals surface area contributed by atoms with E-state index in [2.05, 4.69) is 61.5 Å². The summed E-state index contributed by atoms with van der Waals surface area (Å²) in [6, 6.07) is 19.7. The van der Waals surface area contributed by atoms with Crippen molar-refractivity contribution < 1.29 is 35.7 Å². The first kappa shape index (κ1) is 27.4. The molecular weight excluding hydrogens is 351 g/mol. The number of unbranched alkanes of at least 4 members (excludes halogenated alkanes) is 7. The van der Waals surface area contributed by atoms with Crippen LogP contribution in [0, 0.1) is 0 Å². The van der Waals surface area contributed by atoms with Gasteiger partial charge in [-0.05, 0) is 43.4 Å². The molecule has 2 aromatic carbocycles. The number of ether oxygens (including phenoxy) is 1. The van der Waals surface area contributed by atoms with E-state index in [-0.39, 0.29) is 31.0 Å². The fraction of sp³-hybridized carbons (Fsp3) is 0.538. The molecule has 152 valence electrons. The van der Waals surface area contributed by atoms with Gasteiger partial charge in [0.1, 0.15) is 0 Å². The van der Waals surface area contributed by atoms with Gasteiger partial charge < -0.3 is 6.16 Å². The zero-order valence-corrected chi connectivity index (χ0v) is 20.9. The second kappa shape index (κ2) is 19.7. The molecule has 2 heteroatoms. The third-order valence-electron chi connectivity index (χ3n) is 4.81. The molecule has 0 fully saturated rings. The zero-order valence-electron chi connectivity index (χ0n) is 19.9. The molecule has 0 aliphatic heterocycles. The van der Waals surface area contributed by atoms with Crippen LogP contribution in [0.1, 0.15) is 79.1 Å². The van der Waals surface area contributed by atoms with E-state index >= 15 is 0 Å². The van der Waals surface area contributed by atoms with Crippen molar-refractivity contribution in [3.63, 3.8) is 0 Å². The summed E-state index contributed by atoms with van der Waals surface area (Å²) in [5.74, 6) is 0. The van der Waals surface area contributed by atoms with Crippen molar-refractivity contribution in [1.82, 2.24) is 0 Å². The maximum atomic E-state index is 4.83. The summed E-state index contributed by atoms with van der Waals surface area (Å²) in [6.45, 7) is 7.95. The zero-order chi connectivity index (χ0) is 19.6. The van der Waals surface area contributed by atoms with Crippen molar-refractivity contribution in [2.45, 2.75) is 78.6 Å². The summed E-state index contributed by atoms with van der Waals surface area (Å²) < 4.78 is 4.83. The Labute approximate surface area is 198 Å². The molecule has 0 aliphatic rings. The van der Waals surface area contributed by atoms with Crippen LogP contribution < -0.4 is 29.6 Å². The number of hydrogen-bond acceptors (Lipinski definition) is 1. The second-order valence-electron chi connectivity index (χ2n) is 7.03. The van der Waals surface area contributed by atoms with Crippen LogP contribution in [0.5, 0.6) is 0 Å². The van der Waals surface area contributed by atoms with E-state index in [1.165, 1.54) is 74.5 Å². The summed E-state index contributed by atoms with van der Waals surface area (Å²) in [7, 11) is 0. The third kappa shape index (κ3) is 12.8. The van der Waals surface area contributed by atoms with E-state index in [1.807, 2.05) is 13.8 Å². The SMILES string of the molecule is CCCCCCCCCCc1ccccc1-c1ccccc1.CCOCC.[H-].[Na+]. The molecule has 0 bridgehead atoms. The summed E-state index contributed by atoms with van der Waals surface area (Å²) in [6.07, 6.45) is 12.3. The fourth-order valence-corrected chi connectivity index (χ4v) is 3.29. The molecule has 2 rings (SSSR count). The van der Waals surface area contributed by atoms with Gasteiger partial charge in [0.05, 0.1) is 0 Å². The van der Waals surface area contributed by atoms with Crippen LogP contribution >= 0.6 is 0 Å². The molecule has 28 heavy (non-hydrogen) atoms. The van der Waals surface area contributed by atoms with Crippen LogP contribution in [0.2, 0.25) is 0 Å². The Bertz CT molecular complexity index is 572. The minimum Gasteiger partial charge on any atom is -1.00 e. The Morgan fingerprint density at radius 3 is 1.75 bits per heavy atom. The number of aryl methyl sites for hydroxylation is 1. The Balaban J connectivity index is 0. The monoisotopic (exact) mass is 392 g/mol. The van der Waals surface area contributed by atoms with Crippen molar-refractivity contribution in [2.75, 3.05) is 13.2 Å². The molecule has 0 heterocycles. The summed E-state index contributed by atoms with van der Waals surface area (Å²) in [5, 5.41) is 0. The van der Waals surface area contributed by atoms with Gasteiger partial charge in [0, 0.05) is 13.2 Å². The molecule has 0 spiro atoms. The fourth-order valence-electron chi connectivity index (χ4n) is 3.29. The molecule has 0 saturated heterocycles. The minimum absolute atomic E-state index is 0. The average Bonchev–Trinajstić information content (AvgIpc) is 2.72. The molecule has 1 nitrogen and oxygen atoms in total. The maximum Gasteiger partial charge on any atom is 1.00 e. The number of benzene rings is 2. The van der Waals surface area contributed by atoms with E-state index < -0.39 is 0 Å². The van der Waals surface area contributed by atoms with E-state index in [9.17, 15) is 0 Å². The van der Waals surface area contributed by atoms with Crippen molar-refractivity contribution >= 4 is 0 Å². The van der Waals surface area contributed by atoms with Gasteiger partial charge in [-0.3, -0.25) is 0 Å². The normalized spacial score (nSPS) is 9.96. The van der Waals surface area contributed by atoms with Gasteiger partial charge in [-0.25, -0.2) is 0 Å². The Morgan fingerprint density at radius 2 is 1.18 bits per heavy atom. The van der Waals surface area contributed by atoms with Gasteiger partial charge >= 0.3 is 29.6 Å². The molecule has 0 radical (unpaired) electrons. The number of hydrogen-bond donors (Lipinski definition) is 0. The molecule has 0 amide bonds. The van der Waals surface area contributed by atoms with Crippen LogP contribution in [0.25, 0.3) is 11.1 Å². The molecule has 0 saturated carbocycles. The van der Waals surface area contributed by atoms with E-state index in [0.29, 0.717) is 0 Å². The van der Waals surface area contributed by atoms with Crippen LogP contribution in [0.15, 0.2) is 54.6 Å². The topological polar surface area (TPSA) is 9.23 Å². The predicted molar refractivity (Wildman–Crippen MR) is 121 cm³/mol. The molecule has 0 N–H and O–H groups in total. The first-order valence-corrected chi connectivity index (χ1v) is 11.0. The van der Waals surface area contributed by atoms with Gasteiger partial charge in [-0.2, -0.15) is 0 Å². The van der Waals surface area contributed by atoms with Crippen molar-refractivity contribution in [2.24, 2.45) is 0 Å². The predicted octanol–water partition coefficient (Wildman–Crippen LogP) is 5.20. The largest absolute Gasteiger partial charge is 1.00 e. The number of rotatable bonds is 12. The minimum atomic E-state index is 0. The first-order valence-electron chi connectivity index (χ1n) is 11.0. The van der Waals surface area contributed by atoms with E-state index in [0.717, 1.165) is 13.2 Å². The van der Waals surface area contributed by atoms with Crippen LogP contribution in [-0.4, -0.2) is 13.2 Å². The van der Waals surface area contributed by atoms with Crippen LogP contribution in [-0.2, 0) is 11.2 Å². The molecule has 0 aromatic heterocycles. The van der Waals surface area contributed by atoms with Crippen LogP contribution in [0.3, 0.4) is 0 Å². The molecule has 0 unspecified atom stereocenters. The van der Waals surface area contributed by atoms with Gasteiger partial charge in [0.15, 0.2) is 0 Å². The average molecular weight is 393 g/mol. The molecule has 2 aromatic rings. The van der Waals surface area contributed by atoms with Gasteiger partial charge in [-0.15, -0.1) is 0 Å². The van der Waals surface area contributed by atoms with Crippen molar-refractivity contribution in [3.8, 4) is 11.1 Å². The van der Waals surface area contributed by atoms with E-state index in [1.54, 1.807) is 0 Å². The van der Waals surface area contributed by atoms with Gasteiger partial charge in [0.25, 0.3) is 0 Å². The van der Waals surface area contributed by atoms with Gasteiger partial charge in [-0.1, -0.05) is 106 Å². The van der Waals surface area contributed by atoms with Gasteiger partial charge in [0.2, 0.25) is 0 Å². The molecule has 0 atom stereocenters. The van der Waals surface area contributed by atoms with E-state index in [4.69, 9.17) is 4.74 Å². The Morgan fingerprint density at radius 1 is 0.643 bits per heavy atom. The van der Waals surface area contributed by atoms with Crippen molar-refractivity contribution in [1.29, 1.82) is 0 Å². The second-order valence-corrected chi connectivity index (χ2v) is 7.03. The van der Waals surface area contributed by atoms with Crippen LogP contribution in [0.4, 0.5) is 0 Å².